The number of hydrogen-bond donors (Lipinski definition) is 1. The molecule has 1 N–H and O–H groups in total. The number of aromatic nitrogens is 2. The standard InChI is InChI=1S/C16H21N5O2/c1-13(12-14-4-2-11-23-14)19-16(22)21-9-7-20(8-10-21)15-17-5-3-6-18-15/h2-6,11,13H,7-10,12H2,1H3,(H,19,22). The van der Waals surface area contributed by atoms with Crippen LogP contribution in [0, 0.1) is 0 Å². The second kappa shape index (κ2) is 7.13. The lowest BCUT2D eigenvalue weighted by Gasteiger charge is -2.35. The van der Waals surface area contributed by atoms with E-state index in [1.54, 1.807) is 24.7 Å². The molecule has 2 amide bonds. The van der Waals surface area contributed by atoms with Crippen LogP contribution in [0.1, 0.15) is 12.7 Å². The van der Waals surface area contributed by atoms with Crippen molar-refractivity contribution in [3.05, 3.63) is 42.6 Å². The highest BCUT2D eigenvalue weighted by Gasteiger charge is 2.23. The van der Waals surface area contributed by atoms with Gasteiger partial charge in [0.25, 0.3) is 0 Å². The van der Waals surface area contributed by atoms with E-state index in [1.165, 1.54) is 0 Å². The summed E-state index contributed by atoms with van der Waals surface area (Å²) in [6.07, 6.45) is 5.81. The first-order valence-electron chi connectivity index (χ1n) is 7.82. The SMILES string of the molecule is CC(Cc1ccco1)NC(=O)N1CCN(c2ncccn2)CC1. The smallest absolute Gasteiger partial charge is 0.317 e. The van der Waals surface area contributed by atoms with Gasteiger partial charge in [-0.15, -0.1) is 0 Å². The van der Waals surface area contributed by atoms with Crippen molar-refractivity contribution in [2.24, 2.45) is 0 Å². The Kier molecular flexibility index (Phi) is 4.75. The largest absolute Gasteiger partial charge is 0.469 e. The summed E-state index contributed by atoms with van der Waals surface area (Å²) in [5.41, 5.74) is 0. The number of hydrogen-bond acceptors (Lipinski definition) is 5. The van der Waals surface area contributed by atoms with Crippen LogP contribution < -0.4 is 10.2 Å². The Hall–Kier alpha value is -2.57. The van der Waals surface area contributed by atoms with E-state index >= 15 is 0 Å². The molecule has 7 nitrogen and oxygen atoms in total. The number of piperazine rings is 1. The fourth-order valence-corrected chi connectivity index (χ4v) is 2.65. The average Bonchev–Trinajstić information content (AvgIpc) is 3.08. The predicted octanol–water partition coefficient (Wildman–Crippen LogP) is 1.53. The Morgan fingerprint density at radius 3 is 2.65 bits per heavy atom. The van der Waals surface area contributed by atoms with E-state index in [0.717, 1.165) is 24.8 Å². The molecule has 0 radical (unpaired) electrons. The maximum Gasteiger partial charge on any atom is 0.317 e. The second-order valence-corrected chi connectivity index (χ2v) is 5.66. The molecule has 7 heteroatoms. The molecule has 2 aromatic rings. The molecule has 1 aliphatic heterocycles. The van der Waals surface area contributed by atoms with Crippen molar-refractivity contribution < 1.29 is 9.21 Å². The zero-order valence-electron chi connectivity index (χ0n) is 13.2. The molecule has 0 saturated carbocycles. The molecule has 0 bridgehead atoms. The first kappa shape index (κ1) is 15.3. The Balaban J connectivity index is 1.46. The van der Waals surface area contributed by atoms with Gasteiger partial charge in [0.2, 0.25) is 5.95 Å². The van der Waals surface area contributed by atoms with E-state index in [0.29, 0.717) is 19.5 Å². The lowest BCUT2D eigenvalue weighted by Crippen LogP contribution is -2.53. The molecule has 1 saturated heterocycles. The minimum absolute atomic E-state index is 0.0299. The highest BCUT2D eigenvalue weighted by atomic mass is 16.3. The lowest BCUT2D eigenvalue weighted by atomic mass is 10.2. The molecular weight excluding hydrogens is 294 g/mol. The van der Waals surface area contributed by atoms with Crippen molar-refractivity contribution >= 4 is 12.0 Å². The zero-order valence-corrected chi connectivity index (χ0v) is 13.2. The van der Waals surface area contributed by atoms with Crippen LogP contribution in [-0.2, 0) is 6.42 Å². The van der Waals surface area contributed by atoms with E-state index in [9.17, 15) is 4.79 Å². The van der Waals surface area contributed by atoms with Gasteiger partial charge in [0.05, 0.1) is 6.26 Å². The minimum Gasteiger partial charge on any atom is -0.469 e. The number of anilines is 1. The number of amides is 2. The van der Waals surface area contributed by atoms with E-state index in [4.69, 9.17) is 4.42 Å². The third kappa shape index (κ3) is 4.00. The van der Waals surface area contributed by atoms with Crippen LogP contribution in [0.5, 0.6) is 0 Å². The van der Waals surface area contributed by atoms with Gasteiger partial charge in [0.15, 0.2) is 0 Å². The van der Waals surface area contributed by atoms with Gasteiger partial charge < -0.3 is 19.5 Å². The van der Waals surface area contributed by atoms with Gasteiger partial charge in [-0.2, -0.15) is 0 Å². The molecule has 3 rings (SSSR count). The number of nitrogens with one attached hydrogen (secondary N) is 1. The topological polar surface area (TPSA) is 74.5 Å². The van der Waals surface area contributed by atoms with Gasteiger partial charge in [-0.05, 0) is 25.1 Å². The van der Waals surface area contributed by atoms with Crippen molar-refractivity contribution in [1.29, 1.82) is 0 Å². The Labute approximate surface area is 135 Å². The summed E-state index contributed by atoms with van der Waals surface area (Å²) in [5, 5.41) is 3.02. The second-order valence-electron chi connectivity index (χ2n) is 5.66. The molecule has 0 aromatic carbocycles. The molecule has 122 valence electrons. The van der Waals surface area contributed by atoms with Crippen LogP contribution in [0.4, 0.5) is 10.7 Å². The van der Waals surface area contributed by atoms with Gasteiger partial charge in [-0.3, -0.25) is 0 Å². The quantitative estimate of drug-likeness (QED) is 0.926. The van der Waals surface area contributed by atoms with Gasteiger partial charge in [0, 0.05) is 51.0 Å². The number of nitrogens with zero attached hydrogens (tertiary/aromatic N) is 4. The molecule has 3 heterocycles. The summed E-state index contributed by atoms with van der Waals surface area (Å²) < 4.78 is 5.31. The number of carbonyl (C=O) groups excluding carboxylic acids is 1. The minimum atomic E-state index is -0.0299. The third-order valence-corrected chi connectivity index (χ3v) is 3.86. The summed E-state index contributed by atoms with van der Waals surface area (Å²) >= 11 is 0. The van der Waals surface area contributed by atoms with Crippen LogP contribution in [0.15, 0.2) is 41.3 Å². The number of carbonyl (C=O) groups is 1. The average molecular weight is 315 g/mol. The van der Waals surface area contributed by atoms with Crippen molar-refractivity contribution in [2.75, 3.05) is 31.1 Å². The van der Waals surface area contributed by atoms with Crippen LogP contribution in [0.2, 0.25) is 0 Å². The maximum atomic E-state index is 12.3. The normalized spacial score (nSPS) is 16.2. The van der Waals surface area contributed by atoms with Crippen LogP contribution in [0.3, 0.4) is 0 Å². The van der Waals surface area contributed by atoms with Gasteiger partial charge in [-0.1, -0.05) is 0 Å². The van der Waals surface area contributed by atoms with Crippen molar-refractivity contribution in [1.82, 2.24) is 20.2 Å². The van der Waals surface area contributed by atoms with Crippen LogP contribution in [0.25, 0.3) is 0 Å². The summed E-state index contributed by atoms with van der Waals surface area (Å²) in [4.78, 5) is 24.7. The Morgan fingerprint density at radius 2 is 2.00 bits per heavy atom. The first-order chi connectivity index (χ1) is 11.2. The number of urea groups is 1. The maximum absolute atomic E-state index is 12.3. The summed E-state index contributed by atoms with van der Waals surface area (Å²) in [6, 6.07) is 5.57. The van der Waals surface area contributed by atoms with Crippen LogP contribution >= 0.6 is 0 Å². The number of furan rings is 1. The molecule has 2 aromatic heterocycles. The van der Waals surface area contributed by atoms with Gasteiger partial charge >= 0.3 is 6.03 Å². The van der Waals surface area contributed by atoms with Crippen molar-refractivity contribution in [3.8, 4) is 0 Å². The molecule has 0 spiro atoms. The Bertz CT molecular complexity index is 609. The predicted molar refractivity (Wildman–Crippen MR) is 86.2 cm³/mol. The lowest BCUT2D eigenvalue weighted by molar-refractivity contribution is 0.190. The van der Waals surface area contributed by atoms with Crippen molar-refractivity contribution in [2.45, 2.75) is 19.4 Å². The monoisotopic (exact) mass is 315 g/mol. The molecule has 1 unspecified atom stereocenters. The van der Waals surface area contributed by atoms with Crippen molar-refractivity contribution in [3.63, 3.8) is 0 Å². The van der Waals surface area contributed by atoms with E-state index in [1.807, 2.05) is 24.0 Å². The van der Waals surface area contributed by atoms with E-state index in [2.05, 4.69) is 20.2 Å². The highest BCUT2D eigenvalue weighted by Crippen LogP contribution is 2.10. The summed E-state index contributed by atoms with van der Waals surface area (Å²) in [5.74, 6) is 1.60. The fraction of sp³-hybridized carbons (Fsp3) is 0.438. The molecular formula is C16H21N5O2. The van der Waals surface area contributed by atoms with Crippen LogP contribution in [-0.4, -0.2) is 53.1 Å². The zero-order chi connectivity index (χ0) is 16.1. The molecule has 23 heavy (non-hydrogen) atoms. The van der Waals surface area contributed by atoms with E-state index in [-0.39, 0.29) is 12.1 Å². The van der Waals surface area contributed by atoms with Gasteiger partial charge in [0.1, 0.15) is 5.76 Å². The fourth-order valence-electron chi connectivity index (χ4n) is 2.65. The summed E-state index contributed by atoms with van der Waals surface area (Å²) in [6.45, 7) is 4.79. The highest BCUT2D eigenvalue weighted by molar-refractivity contribution is 5.74. The molecule has 1 aliphatic rings. The van der Waals surface area contributed by atoms with Gasteiger partial charge in [-0.25, -0.2) is 14.8 Å². The molecule has 0 aliphatic carbocycles. The van der Waals surface area contributed by atoms with E-state index < -0.39 is 0 Å². The Morgan fingerprint density at radius 1 is 1.26 bits per heavy atom. The molecule has 1 fully saturated rings. The molecule has 1 atom stereocenters. The summed E-state index contributed by atoms with van der Waals surface area (Å²) in [7, 11) is 0. The number of rotatable bonds is 4. The third-order valence-electron chi connectivity index (χ3n) is 3.86. The first-order valence-corrected chi connectivity index (χ1v) is 7.82.